The number of thiophene rings is 1. The van der Waals surface area contributed by atoms with Gasteiger partial charge in [-0.3, -0.25) is 0 Å². The maximum absolute atomic E-state index is 11.9. The average molecular weight is 267 g/mol. The van der Waals surface area contributed by atoms with Crippen molar-refractivity contribution < 1.29 is 17.9 Å². The standard InChI is InChI=1S/C11H16F3NOS/c1-8-9(5-10(17-8)6-15-2)7-16-4-3-11(12,13)14/h5,15H,3-4,6-7H2,1-2H3. The largest absolute Gasteiger partial charge is 0.391 e. The van der Waals surface area contributed by atoms with Gasteiger partial charge in [-0.15, -0.1) is 11.3 Å². The van der Waals surface area contributed by atoms with Crippen molar-refractivity contribution in [2.75, 3.05) is 13.7 Å². The second-order valence-electron chi connectivity index (χ2n) is 3.74. The van der Waals surface area contributed by atoms with Gasteiger partial charge in [-0.25, -0.2) is 0 Å². The molecule has 17 heavy (non-hydrogen) atoms. The van der Waals surface area contributed by atoms with Crippen molar-refractivity contribution in [3.8, 4) is 0 Å². The van der Waals surface area contributed by atoms with Crippen LogP contribution in [0.25, 0.3) is 0 Å². The summed E-state index contributed by atoms with van der Waals surface area (Å²) in [5.74, 6) is 0. The summed E-state index contributed by atoms with van der Waals surface area (Å²) >= 11 is 1.64. The fourth-order valence-corrected chi connectivity index (χ4v) is 2.42. The first-order valence-electron chi connectivity index (χ1n) is 5.29. The molecule has 6 heteroatoms. The molecule has 0 atom stereocenters. The Bertz CT molecular complexity index is 349. The lowest BCUT2D eigenvalue weighted by Gasteiger charge is -2.06. The lowest BCUT2D eigenvalue weighted by atomic mass is 10.2. The molecule has 0 bridgehead atoms. The average Bonchev–Trinajstić information content (AvgIpc) is 2.53. The number of aryl methyl sites for hydroxylation is 1. The van der Waals surface area contributed by atoms with E-state index < -0.39 is 12.6 Å². The quantitative estimate of drug-likeness (QED) is 0.799. The van der Waals surface area contributed by atoms with Crippen molar-refractivity contribution in [3.63, 3.8) is 0 Å². The monoisotopic (exact) mass is 267 g/mol. The van der Waals surface area contributed by atoms with Crippen LogP contribution >= 0.6 is 11.3 Å². The van der Waals surface area contributed by atoms with Crippen LogP contribution < -0.4 is 5.32 Å². The van der Waals surface area contributed by atoms with Crippen molar-refractivity contribution >= 4 is 11.3 Å². The molecule has 0 amide bonds. The van der Waals surface area contributed by atoms with E-state index in [0.29, 0.717) is 0 Å². The van der Waals surface area contributed by atoms with Gasteiger partial charge in [-0.1, -0.05) is 0 Å². The fraction of sp³-hybridized carbons (Fsp3) is 0.636. The lowest BCUT2D eigenvalue weighted by molar-refractivity contribution is -0.146. The molecule has 1 N–H and O–H groups in total. The molecule has 0 aromatic carbocycles. The van der Waals surface area contributed by atoms with Gasteiger partial charge in [0, 0.05) is 16.3 Å². The van der Waals surface area contributed by atoms with Gasteiger partial charge in [-0.2, -0.15) is 13.2 Å². The highest BCUT2D eigenvalue weighted by Crippen LogP contribution is 2.23. The molecular weight excluding hydrogens is 251 g/mol. The van der Waals surface area contributed by atoms with Gasteiger partial charge in [0.15, 0.2) is 0 Å². The molecule has 0 aliphatic rings. The second-order valence-corrected chi connectivity index (χ2v) is 5.08. The van der Waals surface area contributed by atoms with Crippen molar-refractivity contribution in [2.24, 2.45) is 0 Å². The number of ether oxygens (including phenoxy) is 1. The summed E-state index contributed by atoms with van der Waals surface area (Å²) in [6, 6.07) is 1.98. The van der Waals surface area contributed by atoms with E-state index >= 15 is 0 Å². The van der Waals surface area contributed by atoms with Gasteiger partial charge in [0.05, 0.1) is 19.6 Å². The third-order valence-corrected chi connectivity index (χ3v) is 3.30. The van der Waals surface area contributed by atoms with Crippen molar-refractivity contribution in [1.82, 2.24) is 5.32 Å². The number of alkyl halides is 3. The Labute approximate surface area is 103 Å². The second kappa shape index (κ2) is 6.37. The van der Waals surface area contributed by atoms with Gasteiger partial charge in [-0.05, 0) is 25.6 Å². The first-order valence-corrected chi connectivity index (χ1v) is 6.11. The highest BCUT2D eigenvalue weighted by molar-refractivity contribution is 7.12. The lowest BCUT2D eigenvalue weighted by Crippen LogP contribution is -2.11. The molecule has 1 heterocycles. The molecule has 0 saturated carbocycles. The predicted octanol–water partition coefficient (Wildman–Crippen LogP) is 3.24. The Kier molecular flexibility index (Phi) is 5.42. The Balaban J connectivity index is 2.36. The SMILES string of the molecule is CNCc1cc(COCCC(F)(F)F)c(C)s1. The van der Waals surface area contributed by atoms with E-state index in [9.17, 15) is 13.2 Å². The smallest absolute Gasteiger partial charge is 0.376 e. The minimum atomic E-state index is -4.14. The summed E-state index contributed by atoms with van der Waals surface area (Å²) in [5, 5.41) is 3.03. The summed E-state index contributed by atoms with van der Waals surface area (Å²) in [4.78, 5) is 2.27. The minimum absolute atomic E-state index is 0.252. The van der Waals surface area contributed by atoms with Crippen molar-refractivity contribution in [2.45, 2.75) is 32.7 Å². The first kappa shape index (κ1) is 14.5. The molecule has 0 fully saturated rings. The zero-order chi connectivity index (χ0) is 12.9. The molecule has 1 aromatic heterocycles. The Morgan fingerprint density at radius 2 is 2.12 bits per heavy atom. The zero-order valence-corrected chi connectivity index (χ0v) is 10.7. The van der Waals surface area contributed by atoms with Gasteiger partial charge >= 0.3 is 6.18 Å². The number of nitrogens with one attached hydrogen (secondary N) is 1. The highest BCUT2D eigenvalue weighted by atomic mass is 32.1. The van der Waals surface area contributed by atoms with Gasteiger partial charge in [0.1, 0.15) is 0 Å². The molecule has 0 aliphatic heterocycles. The van der Waals surface area contributed by atoms with E-state index in [0.717, 1.165) is 17.0 Å². The van der Waals surface area contributed by atoms with E-state index in [1.165, 1.54) is 4.88 Å². The maximum atomic E-state index is 11.9. The fourth-order valence-electron chi connectivity index (χ4n) is 1.36. The zero-order valence-electron chi connectivity index (χ0n) is 9.86. The molecule has 1 aromatic rings. The molecule has 98 valence electrons. The topological polar surface area (TPSA) is 21.3 Å². The molecule has 1 rings (SSSR count). The number of halogens is 3. The summed E-state index contributed by atoms with van der Waals surface area (Å²) in [5.41, 5.74) is 0.974. The van der Waals surface area contributed by atoms with Crippen LogP contribution in [0.3, 0.4) is 0 Å². The number of hydrogen-bond donors (Lipinski definition) is 1. The van der Waals surface area contributed by atoms with E-state index in [1.54, 1.807) is 11.3 Å². The molecular formula is C11H16F3NOS. The third kappa shape index (κ3) is 5.52. The van der Waals surface area contributed by atoms with Crippen LogP contribution in [0.1, 0.15) is 21.7 Å². The predicted molar refractivity (Wildman–Crippen MR) is 62.1 cm³/mol. The number of hydrogen-bond acceptors (Lipinski definition) is 3. The van der Waals surface area contributed by atoms with Gasteiger partial charge in [0.25, 0.3) is 0 Å². The summed E-state index contributed by atoms with van der Waals surface area (Å²) in [6.45, 7) is 2.70. The molecule has 0 spiro atoms. The molecule has 0 aliphatic carbocycles. The van der Waals surface area contributed by atoms with E-state index in [2.05, 4.69) is 5.32 Å². The molecule has 0 radical (unpaired) electrons. The van der Waals surface area contributed by atoms with Crippen LogP contribution in [0.5, 0.6) is 0 Å². The number of rotatable bonds is 6. The van der Waals surface area contributed by atoms with Crippen molar-refractivity contribution in [1.29, 1.82) is 0 Å². The summed E-state index contributed by atoms with van der Waals surface area (Å²) in [7, 11) is 1.86. The van der Waals surface area contributed by atoms with Crippen LogP contribution in [0.4, 0.5) is 13.2 Å². The normalized spacial score (nSPS) is 12.1. The molecule has 0 saturated heterocycles. The van der Waals surface area contributed by atoms with E-state index in [-0.39, 0.29) is 13.2 Å². The molecule has 2 nitrogen and oxygen atoms in total. The third-order valence-electron chi connectivity index (χ3n) is 2.21. The Morgan fingerprint density at radius 1 is 1.41 bits per heavy atom. The summed E-state index contributed by atoms with van der Waals surface area (Å²) < 4.78 is 40.7. The Morgan fingerprint density at radius 3 is 2.71 bits per heavy atom. The molecule has 0 unspecified atom stereocenters. The van der Waals surface area contributed by atoms with E-state index in [1.807, 2.05) is 20.0 Å². The van der Waals surface area contributed by atoms with Crippen LogP contribution in [0.2, 0.25) is 0 Å². The van der Waals surface area contributed by atoms with Crippen LogP contribution in [-0.4, -0.2) is 19.8 Å². The van der Waals surface area contributed by atoms with E-state index in [4.69, 9.17) is 4.74 Å². The van der Waals surface area contributed by atoms with Crippen LogP contribution in [0.15, 0.2) is 6.07 Å². The maximum Gasteiger partial charge on any atom is 0.391 e. The van der Waals surface area contributed by atoms with Crippen molar-refractivity contribution in [3.05, 3.63) is 21.4 Å². The Hall–Kier alpha value is -0.590. The van der Waals surface area contributed by atoms with Crippen LogP contribution in [0, 0.1) is 6.92 Å². The van der Waals surface area contributed by atoms with Gasteiger partial charge in [0.2, 0.25) is 0 Å². The van der Waals surface area contributed by atoms with Gasteiger partial charge < -0.3 is 10.1 Å². The minimum Gasteiger partial charge on any atom is -0.376 e. The first-order chi connectivity index (χ1) is 7.92. The van der Waals surface area contributed by atoms with Crippen LogP contribution in [-0.2, 0) is 17.9 Å². The highest BCUT2D eigenvalue weighted by Gasteiger charge is 2.26. The summed E-state index contributed by atoms with van der Waals surface area (Å²) in [6.07, 6.45) is -5.03.